The molecule has 2 rings (SSSR count). The monoisotopic (exact) mass is 358 g/mol. The number of benzene rings is 1. The maximum Gasteiger partial charge on any atom is 0.114 e. The summed E-state index contributed by atoms with van der Waals surface area (Å²) in [5.74, 6) is 0.458. The van der Waals surface area contributed by atoms with Crippen LogP contribution in [0.3, 0.4) is 0 Å². The minimum Gasteiger partial charge on any atom is -0.307 e. The number of nitrogens with one attached hydrogen (secondary N) is 1. The summed E-state index contributed by atoms with van der Waals surface area (Å²) >= 11 is 11.2. The van der Waals surface area contributed by atoms with Crippen molar-refractivity contribution in [2.75, 3.05) is 7.05 Å². The normalized spacial score (nSPS) is 12.9. The Hall–Kier alpha value is -0.420. The van der Waals surface area contributed by atoms with E-state index in [0.29, 0.717) is 5.92 Å². The molecule has 0 saturated carbocycles. The molecule has 19 heavy (non-hydrogen) atoms. The summed E-state index contributed by atoms with van der Waals surface area (Å²) in [6, 6.07) is 6.08. The van der Waals surface area contributed by atoms with Crippen molar-refractivity contribution in [3.63, 3.8) is 0 Å². The highest BCUT2D eigenvalue weighted by Crippen LogP contribution is 2.31. The van der Waals surface area contributed by atoms with Crippen LogP contribution >= 0.6 is 38.9 Å². The molecule has 0 radical (unpaired) electrons. The predicted octanol–water partition coefficient (Wildman–Crippen LogP) is 4.99. The molecule has 0 aliphatic rings. The van der Waals surface area contributed by atoms with Crippen molar-refractivity contribution in [2.45, 2.75) is 25.8 Å². The molecule has 1 unspecified atom stereocenters. The quantitative estimate of drug-likeness (QED) is 0.831. The SMILES string of the molecule is CNC(c1ccc(Cl)c(Br)c1)c1nc(C(C)C)cs1. The highest BCUT2D eigenvalue weighted by atomic mass is 79.9. The Kier molecular flexibility index (Phi) is 5.01. The van der Waals surface area contributed by atoms with Gasteiger partial charge in [0.1, 0.15) is 5.01 Å². The van der Waals surface area contributed by atoms with Crippen molar-refractivity contribution in [1.82, 2.24) is 10.3 Å². The highest BCUT2D eigenvalue weighted by molar-refractivity contribution is 9.10. The molecule has 0 amide bonds. The summed E-state index contributed by atoms with van der Waals surface area (Å²) in [6.45, 7) is 4.32. The minimum absolute atomic E-state index is 0.103. The number of aromatic nitrogens is 1. The maximum atomic E-state index is 6.04. The molecule has 0 saturated heterocycles. The first kappa shape index (κ1) is 15.0. The Morgan fingerprint density at radius 2 is 2.11 bits per heavy atom. The van der Waals surface area contributed by atoms with E-state index in [2.05, 4.69) is 40.5 Å². The van der Waals surface area contributed by atoms with Crippen LogP contribution in [-0.4, -0.2) is 12.0 Å². The van der Waals surface area contributed by atoms with Crippen LogP contribution in [0, 0.1) is 0 Å². The van der Waals surface area contributed by atoms with E-state index in [0.717, 1.165) is 25.8 Å². The number of rotatable bonds is 4. The molecule has 0 aliphatic carbocycles. The lowest BCUT2D eigenvalue weighted by molar-refractivity contribution is 0.678. The van der Waals surface area contributed by atoms with Gasteiger partial charge in [0.2, 0.25) is 0 Å². The maximum absolute atomic E-state index is 6.04. The molecular formula is C14H16BrClN2S. The van der Waals surface area contributed by atoms with E-state index in [9.17, 15) is 0 Å². The molecule has 1 aromatic carbocycles. The zero-order valence-electron chi connectivity index (χ0n) is 11.1. The van der Waals surface area contributed by atoms with Gasteiger partial charge in [0.05, 0.1) is 16.8 Å². The van der Waals surface area contributed by atoms with Crippen LogP contribution in [0.4, 0.5) is 0 Å². The van der Waals surface area contributed by atoms with Crippen LogP contribution in [0.15, 0.2) is 28.1 Å². The predicted molar refractivity (Wildman–Crippen MR) is 86.3 cm³/mol. The molecule has 1 atom stereocenters. The average molecular weight is 360 g/mol. The Morgan fingerprint density at radius 1 is 1.37 bits per heavy atom. The summed E-state index contributed by atoms with van der Waals surface area (Å²) in [6.07, 6.45) is 0. The van der Waals surface area contributed by atoms with Gasteiger partial charge in [-0.15, -0.1) is 11.3 Å². The van der Waals surface area contributed by atoms with Crippen LogP contribution < -0.4 is 5.32 Å². The molecule has 2 aromatic rings. The summed E-state index contributed by atoms with van der Waals surface area (Å²) in [5, 5.41) is 7.26. The molecule has 0 fully saturated rings. The Morgan fingerprint density at radius 3 is 2.63 bits per heavy atom. The van der Waals surface area contributed by atoms with Gasteiger partial charge in [0, 0.05) is 9.85 Å². The van der Waals surface area contributed by atoms with Gasteiger partial charge in [0.25, 0.3) is 0 Å². The van der Waals surface area contributed by atoms with E-state index < -0.39 is 0 Å². The second-order valence-electron chi connectivity index (χ2n) is 4.66. The highest BCUT2D eigenvalue weighted by Gasteiger charge is 2.17. The van der Waals surface area contributed by atoms with Crippen LogP contribution in [-0.2, 0) is 0 Å². The Balaban J connectivity index is 2.35. The summed E-state index contributed by atoms with van der Waals surface area (Å²) in [4.78, 5) is 4.72. The first-order chi connectivity index (χ1) is 9.02. The molecule has 2 nitrogen and oxygen atoms in total. The van der Waals surface area contributed by atoms with E-state index in [1.165, 1.54) is 0 Å². The van der Waals surface area contributed by atoms with E-state index in [4.69, 9.17) is 16.6 Å². The molecule has 0 aliphatic heterocycles. The van der Waals surface area contributed by atoms with Crippen molar-refractivity contribution in [3.05, 3.63) is 49.3 Å². The molecule has 1 aromatic heterocycles. The number of halogens is 2. The van der Waals surface area contributed by atoms with Gasteiger partial charge in [-0.05, 0) is 46.6 Å². The standard InChI is InChI=1S/C14H16BrClN2S/c1-8(2)12-7-19-14(18-12)13(17-3)9-4-5-11(16)10(15)6-9/h4-8,13,17H,1-3H3. The topological polar surface area (TPSA) is 24.9 Å². The van der Waals surface area contributed by atoms with E-state index in [1.54, 1.807) is 11.3 Å². The molecule has 0 spiro atoms. The van der Waals surface area contributed by atoms with Crippen molar-refractivity contribution in [2.24, 2.45) is 0 Å². The molecule has 1 heterocycles. The van der Waals surface area contributed by atoms with Gasteiger partial charge in [-0.2, -0.15) is 0 Å². The smallest absolute Gasteiger partial charge is 0.114 e. The Bertz CT molecular complexity index is 568. The van der Waals surface area contributed by atoms with E-state index >= 15 is 0 Å². The lowest BCUT2D eigenvalue weighted by Gasteiger charge is -2.14. The zero-order valence-corrected chi connectivity index (χ0v) is 14.2. The van der Waals surface area contributed by atoms with E-state index in [1.807, 2.05) is 25.2 Å². The van der Waals surface area contributed by atoms with Gasteiger partial charge in [-0.1, -0.05) is 31.5 Å². The lowest BCUT2D eigenvalue weighted by Crippen LogP contribution is -2.17. The number of hydrogen-bond donors (Lipinski definition) is 1. The average Bonchev–Trinajstić information content (AvgIpc) is 2.84. The van der Waals surface area contributed by atoms with Crippen molar-refractivity contribution < 1.29 is 0 Å². The lowest BCUT2D eigenvalue weighted by atomic mass is 10.1. The molecule has 102 valence electrons. The number of thiazole rings is 1. The van der Waals surface area contributed by atoms with Crippen LogP contribution in [0.5, 0.6) is 0 Å². The number of hydrogen-bond acceptors (Lipinski definition) is 3. The molecule has 0 bridgehead atoms. The minimum atomic E-state index is 0.103. The second-order valence-corrected chi connectivity index (χ2v) is 6.81. The van der Waals surface area contributed by atoms with Crippen molar-refractivity contribution >= 4 is 38.9 Å². The summed E-state index contributed by atoms with van der Waals surface area (Å²) < 4.78 is 0.910. The van der Waals surface area contributed by atoms with Crippen LogP contribution in [0.2, 0.25) is 5.02 Å². The molecule has 5 heteroatoms. The third-order valence-corrected chi connectivity index (χ3v) is 5.09. The van der Waals surface area contributed by atoms with Gasteiger partial charge >= 0.3 is 0 Å². The van der Waals surface area contributed by atoms with Crippen LogP contribution in [0.25, 0.3) is 0 Å². The number of nitrogens with zero attached hydrogens (tertiary/aromatic N) is 1. The van der Waals surface area contributed by atoms with Crippen molar-refractivity contribution in [3.8, 4) is 0 Å². The fourth-order valence-corrected chi connectivity index (χ4v) is 3.45. The largest absolute Gasteiger partial charge is 0.307 e. The van der Waals surface area contributed by atoms with Gasteiger partial charge in [0.15, 0.2) is 0 Å². The van der Waals surface area contributed by atoms with Gasteiger partial charge in [-0.3, -0.25) is 0 Å². The summed E-state index contributed by atoms with van der Waals surface area (Å²) in [5.41, 5.74) is 2.30. The summed E-state index contributed by atoms with van der Waals surface area (Å²) in [7, 11) is 1.95. The van der Waals surface area contributed by atoms with Gasteiger partial charge in [-0.25, -0.2) is 4.98 Å². The van der Waals surface area contributed by atoms with Crippen LogP contribution in [0.1, 0.15) is 42.1 Å². The fraction of sp³-hybridized carbons (Fsp3) is 0.357. The second kappa shape index (κ2) is 6.35. The molecular weight excluding hydrogens is 344 g/mol. The molecule has 1 N–H and O–H groups in total. The first-order valence-electron chi connectivity index (χ1n) is 6.10. The fourth-order valence-electron chi connectivity index (χ4n) is 1.82. The Labute approximate surface area is 131 Å². The third kappa shape index (κ3) is 3.37. The van der Waals surface area contributed by atoms with E-state index in [-0.39, 0.29) is 6.04 Å². The van der Waals surface area contributed by atoms with Gasteiger partial charge < -0.3 is 5.32 Å². The third-order valence-electron chi connectivity index (χ3n) is 2.94. The first-order valence-corrected chi connectivity index (χ1v) is 8.15. The van der Waals surface area contributed by atoms with Crippen molar-refractivity contribution in [1.29, 1.82) is 0 Å². The zero-order chi connectivity index (χ0) is 14.0.